The predicted octanol–water partition coefficient (Wildman–Crippen LogP) is 2.90. The second kappa shape index (κ2) is 6.60. The number of anilines is 1. The average molecular weight is 260 g/mol. The van der Waals surface area contributed by atoms with Gasteiger partial charge in [0.25, 0.3) is 0 Å². The number of hydrogen-bond acceptors (Lipinski definition) is 2. The van der Waals surface area contributed by atoms with Crippen LogP contribution in [-0.2, 0) is 11.2 Å². The van der Waals surface area contributed by atoms with Gasteiger partial charge in [-0.3, -0.25) is 4.79 Å². The number of nitrogens with one attached hydrogen (secondary N) is 1. The molecule has 0 radical (unpaired) electrons. The molecule has 3 N–H and O–H groups in total. The van der Waals surface area contributed by atoms with Crippen LogP contribution in [-0.4, -0.2) is 11.9 Å². The highest BCUT2D eigenvalue weighted by Crippen LogP contribution is 2.22. The van der Waals surface area contributed by atoms with Crippen molar-refractivity contribution < 1.29 is 4.79 Å². The number of amides is 1. The van der Waals surface area contributed by atoms with Gasteiger partial charge in [-0.15, -0.1) is 0 Å². The van der Waals surface area contributed by atoms with Crippen molar-refractivity contribution in [2.75, 3.05) is 5.73 Å². The molecule has 0 heterocycles. The Morgan fingerprint density at radius 2 is 2.05 bits per heavy atom. The van der Waals surface area contributed by atoms with Crippen LogP contribution in [0.5, 0.6) is 0 Å². The van der Waals surface area contributed by atoms with Crippen LogP contribution in [0.2, 0.25) is 0 Å². The zero-order valence-electron chi connectivity index (χ0n) is 11.7. The molecule has 2 rings (SSSR count). The highest BCUT2D eigenvalue weighted by molar-refractivity contribution is 5.80. The maximum atomic E-state index is 12.1. The zero-order valence-corrected chi connectivity index (χ0v) is 11.7. The number of benzene rings is 1. The number of rotatable bonds is 3. The third-order valence-corrected chi connectivity index (χ3v) is 4.03. The van der Waals surface area contributed by atoms with Crippen molar-refractivity contribution in [3.8, 4) is 0 Å². The van der Waals surface area contributed by atoms with Crippen molar-refractivity contribution in [2.24, 2.45) is 5.92 Å². The molecule has 3 heteroatoms. The number of nitrogens with two attached hydrogens (primary N) is 1. The van der Waals surface area contributed by atoms with Crippen LogP contribution in [0.4, 0.5) is 5.69 Å². The normalized spacial score (nSPS) is 23.6. The van der Waals surface area contributed by atoms with E-state index in [2.05, 4.69) is 12.2 Å². The number of carbonyl (C=O) groups is 1. The molecule has 1 fully saturated rings. The van der Waals surface area contributed by atoms with Crippen molar-refractivity contribution in [1.82, 2.24) is 5.32 Å². The Morgan fingerprint density at radius 1 is 1.26 bits per heavy atom. The molecule has 0 aliphatic heterocycles. The fourth-order valence-electron chi connectivity index (χ4n) is 2.78. The standard InChI is InChI=1S/C16H24N2O/c1-12-5-4-7-14(10-9-12)18-16(19)11-13-6-2-3-8-15(13)17/h2-3,6,8,12,14H,4-5,7,9-11,17H2,1H3,(H,18,19). The number of para-hydroxylation sites is 1. The molecule has 1 aliphatic carbocycles. The lowest BCUT2D eigenvalue weighted by Crippen LogP contribution is -2.35. The minimum atomic E-state index is 0.0949. The molecule has 1 aliphatic rings. The van der Waals surface area contributed by atoms with E-state index in [1.165, 1.54) is 19.3 Å². The molecular formula is C16H24N2O. The van der Waals surface area contributed by atoms with Gasteiger partial charge < -0.3 is 11.1 Å². The third kappa shape index (κ3) is 4.27. The largest absolute Gasteiger partial charge is 0.398 e. The minimum Gasteiger partial charge on any atom is -0.398 e. The summed E-state index contributed by atoms with van der Waals surface area (Å²) in [6.45, 7) is 2.30. The van der Waals surface area contributed by atoms with Crippen molar-refractivity contribution in [3.63, 3.8) is 0 Å². The van der Waals surface area contributed by atoms with Crippen molar-refractivity contribution in [3.05, 3.63) is 29.8 Å². The zero-order chi connectivity index (χ0) is 13.7. The van der Waals surface area contributed by atoms with Gasteiger partial charge in [-0.1, -0.05) is 38.0 Å². The second-order valence-electron chi connectivity index (χ2n) is 5.75. The van der Waals surface area contributed by atoms with Crippen LogP contribution in [0.15, 0.2) is 24.3 Å². The van der Waals surface area contributed by atoms with Crippen molar-refractivity contribution in [2.45, 2.75) is 51.5 Å². The van der Waals surface area contributed by atoms with Crippen LogP contribution in [0.1, 0.15) is 44.6 Å². The summed E-state index contributed by atoms with van der Waals surface area (Å²) in [4.78, 5) is 12.1. The Labute approximate surface area is 115 Å². The van der Waals surface area contributed by atoms with E-state index in [0.29, 0.717) is 18.2 Å². The van der Waals surface area contributed by atoms with Crippen molar-refractivity contribution in [1.29, 1.82) is 0 Å². The van der Waals surface area contributed by atoms with Crippen molar-refractivity contribution >= 4 is 11.6 Å². The summed E-state index contributed by atoms with van der Waals surface area (Å²) in [7, 11) is 0. The third-order valence-electron chi connectivity index (χ3n) is 4.03. The maximum Gasteiger partial charge on any atom is 0.224 e. The van der Waals surface area contributed by atoms with Gasteiger partial charge in [0.1, 0.15) is 0 Å². The smallest absolute Gasteiger partial charge is 0.224 e. The summed E-state index contributed by atoms with van der Waals surface area (Å²) in [5.74, 6) is 0.893. The van der Waals surface area contributed by atoms with Gasteiger partial charge in [0, 0.05) is 11.7 Å². The SMILES string of the molecule is CC1CCCC(NC(=O)Cc2ccccc2N)CC1. The van der Waals surface area contributed by atoms with E-state index in [0.717, 1.165) is 24.3 Å². The van der Waals surface area contributed by atoms with Gasteiger partial charge in [0.05, 0.1) is 6.42 Å². The monoisotopic (exact) mass is 260 g/mol. The summed E-state index contributed by atoms with van der Waals surface area (Å²) in [5, 5.41) is 3.16. The first-order valence-corrected chi connectivity index (χ1v) is 7.28. The van der Waals surface area contributed by atoms with E-state index in [-0.39, 0.29) is 5.91 Å². The van der Waals surface area contributed by atoms with Gasteiger partial charge >= 0.3 is 0 Å². The van der Waals surface area contributed by atoms with Crippen LogP contribution < -0.4 is 11.1 Å². The van der Waals surface area contributed by atoms with Gasteiger partial charge in [-0.2, -0.15) is 0 Å². The Bertz CT molecular complexity index is 431. The highest BCUT2D eigenvalue weighted by atomic mass is 16.1. The van der Waals surface area contributed by atoms with Crippen LogP contribution in [0.25, 0.3) is 0 Å². The first-order chi connectivity index (χ1) is 9.15. The Balaban J connectivity index is 1.86. The molecule has 104 valence electrons. The lowest BCUT2D eigenvalue weighted by atomic mass is 10.0. The van der Waals surface area contributed by atoms with E-state index in [1.54, 1.807) is 0 Å². The molecule has 2 atom stereocenters. The maximum absolute atomic E-state index is 12.1. The lowest BCUT2D eigenvalue weighted by molar-refractivity contribution is -0.121. The Hall–Kier alpha value is -1.51. The number of hydrogen-bond donors (Lipinski definition) is 2. The molecular weight excluding hydrogens is 236 g/mol. The topological polar surface area (TPSA) is 55.1 Å². The molecule has 19 heavy (non-hydrogen) atoms. The van der Waals surface area contributed by atoms with Crippen LogP contribution >= 0.6 is 0 Å². The van der Waals surface area contributed by atoms with E-state index in [4.69, 9.17) is 5.73 Å². The molecule has 0 aromatic heterocycles. The molecule has 1 amide bonds. The molecule has 1 aromatic carbocycles. The van der Waals surface area contributed by atoms with Gasteiger partial charge in [-0.25, -0.2) is 0 Å². The highest BCUT2D eigenvalue weighted by Gasteiger charge is 2.18. The quantitative estimate of drug-likeness (QED) is 0.648. The van der Waals surface area contributed by atoms with Gasteiger partial charge in [0.2, 0.25) is 5.91 Å². The average Bonchev–Trinajstić information content (AvgIpc) is 2.57. The first-order valence-electron chi connectivity index (χ1n) is 7.28. The molecule has 0 spiro atoms. The lowest BCUT2D eigenvalue weighted by Gasteiger charge is -2.16. The van der Waals surface area contributed by atoms with E-state index < -0.39 is 0 Å². The number of carbonyl (C=O) groups excluding carboxylic acids is 1. The van der Waals surface area contributed by atoms with E-state index in [1.807, 2.05) is 24.3 Å². The van der Waals surface area contributed by atoms with Gasteiger partial charge in [0.15, 0.2) is 0 Å². The summed E-state index contributed by atoms with van der Waals surface area (Å²) in [5.41, 5.74) is 7.48. The van der Waals surface area contributed by atoms with E-state index in [9.17, 15) is 4.79 Å². The summed E-state index contributed by atoms with van der Waals surface area (Å²) in [6, 6.07) is 7.93. The molecule has 0 saturated heterocycles. The van der Waals surface area contributed by atoms with Crippen LogP contribution in [0.3, 0.4) is 0 Å². The van der Waals surface area contributed by atoms with E-state index >= 15 is 0 Å². The molecule has 2 unspecified atom stereocenters. The van der Waals surface area contributed by atoms with Gasteiger partial charge in [-0.05, 0) is 36.8 Å². The molecule has 1 aromatic rings. The fourth-order valence-corrected chi connectivity index (χ4v) is 2.78. The Kier molecular flexibility index (Phi) is 4.83. The molecule has 0 bridgehead atoms. The van der Waals surface area contributed by atoms with Crippen LogP contribution in [0, 0.1) is 5.92 Å². The molecule has 1 saturated carbocycles. The fraction of sp³-hybridized carbons (Fsp3) is 0.562. The summed E-state index contributed by atoms with van der Waals surface area (Å²) < 4.78 is 0. The molecule has 3 nitrogen and oxygen atoms in total. The second-order valence-corrected chi connectivity index (χ2v) is 5.75. The Morgan fingerprint density at radius 3 is 2.84 bits per heavy atom. The minimum absolute atomic E-state index is 0.0949. The summed E-state index contributed by atoms with van der Waals surface area (Å²) in [6.07, 6.45) is 6.34. The summed E-state index contributed by atoms with van der Waals surface area (Å²) >= 11 is 0. The number of nitrogen functional groups attached to an aromatic ring is 1. The predicted molar refractivity (Wildman–Crippen MR) is 78.7 cm³/mol. The first kappa shape index (κ1) is 13.9.